The van der Waals surface area contributed by atoms with E-state index in [1.165, 1.54) is 19.3 Å². The van der Waals surface area contributed by atoms with E-state index in [2.05, 4.69) is 12.2 Å². The van der Waals surface area contributed by atoms with E-state index in [4.69, 9.17) is 4.74 Å². The van der Waals surface area contributed by atoms with Crippen molar-refractivity contribution in [2.45, 2.75) is 25.4 Å². The monoisotopic (exact) mass is 162 g/mol. The summed E-state index contributed by atoms with van der Waals surface area (Å²) in [6.07, 6.45) is 9.64. The maximum Gasteiger partial charge on any atom is 0.0671 e. The molecule has 1 heterocycles. The van der Waals surface area contributed by atoms with Crippen molar-refractivity contribution in [2.75, 3.05) is 6.61 Å². The minimum atomic E-state index is 0.535. The minimum absolute atomic E-state index is 0.535. The van der Waals surface area contributed by atoms with E-state index < -0.39 is 0 Å². The van der Waals surface area contributed by atoms with Crippen molar-refractivity contribution >= 4 is 0 Å². The van der Waals surface area contributed by atoms with Crippen LogP contribution in [0.3, 0.4) is 0 Å². The van der Waals surface area contributed by atoms with Gasteiger partial charge in [-0.15, -0.1) is 0 Å². The summed E-state index contributed by atoms with van der Waals surface area (Å²) >= 11 is 0. The minimum Gasteiger partial charge on any atom is -0.377 e. The lowest BCUT2D eigenvalue weighted by molar-refractivity contribution is -0.0547. The number of ether oxygens (including phenoxy) is 1. The fourth-order valence-corrected chi connectivity index (χ4v) is 4.15. The van der Waals surface area contributed by atoms with E-state index in [0.717, 1.165) is 24.4 Å². The average molecular weight is 162 g/mol. The Hall–Kier alpha value is -0.300. The summed E-state index contributed by atoms with van der Waals surface area (Å²) in [5, 5.41) is 0. The van der Waals surface area contributed by atoms with Gasteiger partial charge in [0.2, 0.25) is 0 Å². The van der Waals surface area contributed by atoms with Crippen LogP contribution in [0.1, 0.15) is 19.3 Å². The Labute approximate surface area is 72.8 Å². The van der Waals surface area contributed by atoms with Crippen molar-refractivity contribution in [1.29, 1.82) is 0 Å². The summed E-state index contributed by atoms with van der Waals surface area (Å²) in [6.45, 7) is 1.02. The van der Waals surface area contributed by atoms with Crippen molar-refractivity contribution in [3.63, 3.8) is 0 Å². The first-order valence-electron chi connectivity index (χ1n) is 5.23. The molecule has 0 radical (unpaired) electrons. The van der Waals surface area contributed by atoms with Gasteiger partial charge in [-0.05, 0) is 37.0 Å². The van der Waals surface area contributed by atoms with Crippen LogP contribution in [0.15, 0.2) is 12.2 Å². The van der Waals surface area contributed by atoms with Crippen LogP contribution < -0.4 is 0 Å². The third-order valence-electron chi connectivity index (χ3n) is 4.64. The molecule has 0 aromatic carbocycles. The van der Waals surface area contributed by atoms with Gasteiger partial charge in [0.25, 0.3) is 0 Å². The zero-order valence-electron chi connectivity index (χ0n) is 7.20. The fourth-order valence-electron chi connectivity index (χ4n) is 4.15. The summed E-state index contributed by atoms with van der Waals surface area (Å²) in [7, 11) is 0. The first kappa shape index (κ1) is 6.20. The van der Waals surface area contributed by atoms with Gasteiger partial charge in [-0.2, -0.15) is 0 Å². The summed E-state index contributed by atoms with van der Waals surface area (Å²) in [5.74, 6) is 3.02. The van der Waals surface area contributed by atoms with E-state index in [0.29, 0.717) is 11.5 Å². The number of hydrogen-bond donors (Lipinski definition) is 0. The van der Waals surface area contributed by atoms with Gasteiger partial charge in [0, 0.05) is 12.0 Å². The summed E-state index contributed by atoms with van der Waals surface area (Å²) in [4.78, 5) is 0. The van der Waals surface area contributed by atoms with E-state index in [9.17, 15) is 0 Å². The molecule has 0 amide bonds. The number of fused-ring (bicyclic) bond motifs is 1. The Kier molecular flexibility index (Phi) is 0.852. The summed E-state index contributed by atoms with van der Waals surface area (Å²) in [5.41, 5.74) is 0.535. The van der Waals surface area contributed by atoms with Crippen molar-refractivity contribution in [3.8, 4) is 0 Å². The van der Waals surface area contributed by atoms with Crippen LogP contribution in [-0.4, -0.2) is 12.7 Å². The van der Waals surface area contributed by atoms with E-state index in [1.54, 1.807) is 0 Å². The van der Waals surface area contributed by atoms with Crippen LogP contribution in [0.4, 0.5) is 0 Å². The Morgan fingerprint density at radius 3 is 3.42 bits per heavy atom. The lowest BCUT2D eigenvalue weighted by Crippen LogP contribution is -2.37. The molecule has 1 aliphatic heterocycles. The molecule has 2 saturated carbocycles. The molecule has 3 aliphatic carbocycles. The van der Waals surface area contributed by atoms with Gasteiger partial charge >= 0.3 is 0 Å². The van der Waals surface area contributed by atoms with Gasteiger partial charge in [-0.3, -0.25) is 0 Å². The maximum atomic E-state index is 5.87. The summed E-state index contributed by atoms with van der Waals surface area (Å²) < 4.78 is 5.87. The smallest absolute Gasteiger partial charge is 0.0671 e. The first-order chi connectivity index (χ1) is 5.92. The highest BCUT2D eigenvalue weighted by Gasteiger charge is 2.71. The third-order valence-corrected chi connectivity index (χ3v) is 4.64. The van der Waals surface area contributed by atoms with Gasteiger partial charge < -0.3 is 4.74 Å². The molecule has 0 aromatic rings. The van der Waals surface area contributed by atoms with Gasteiger partial charge in [0.1, 0.15) is 0 Å². The molecule has 0 N–H and O–H groups in total. The zero-order chi connectivity index (χ0) is 7.76. The molecule has 1 heteroatoms. The van der Waals surface area contributed by atoms with E-state index in [-0.39, 0.29) is 0 Å². The SMILES string of the molecule is C1=CC23CCCOC2CC2C1C23. The van der Waals surface area contributed by atoms with Crippen molar-refractivity contribution < 1.29 is 4.74 Å². The predicted molar refractivity (Wildman–Crippen MR) is 45.6 cm³/mol. The third kappa shape index (κ3) is 0.466. The topological polar surface area (TPSA) is 9.23 Å². The van der Waals surface area contributed by atoms with Crippen LogP contribution in [0, 0.1) is 23.2 Å². The van der Waals surface area contributed by atoms with Gasteiger partial charge in [0.05, 0.1) is 6.10 Å². The Morgan fingerprint density at radius 1 is 1.42 bits per heavy atom. The molecule has 0 aromatic heterocycles. The van der Waals surface area contributed by atoms with Crippen LogP contribution in [0.2, 0.25) is 0 Å². The zero-order valence-corrected chi connectivity index (χ0v) is 7.20. The molecule has 4 rings (SSSR count). The standard InChI is InChI=1S/C11H14O/c1-3-11-4-2-7-8(10(7)11)6-9(11)12-5-1/h2,4,7-10H,1,3,5-6H2. The quantitative estimate of drug-likeness (QED) is 0.495. The molecular weight excluding hydrogens is 148 g/mol. The highest BCUT2D eigenvalue weighted by molar-refractivity contribution is 5.33. The second kappa shape index (κ2) is 1.65. The lowest BCUT2D eigenvalue weighted by atomic mass is 9.77. The Bertz CT molecular complexity index is 270. The van der Waals surface area contributed by atoms with E-state index >= 15 is 0 Å². The number of rotatable bonds is 0. The molecule has 64 valence electrons. The van der Waals surface area contributed by atoms with Gasteiger partial charge in [-0.1, -0.05) is 12.2 Å². The van der Waals surface area contributed by atoms with Crippen LogP contribution >= 0.6 is 0 Å². The molecule has 4 aliphatic rings. The molecule has 0 bridgehead atoms. The van der Waals surface area contributed by atoms with Crippen LogP contribution in [0.5, 0.6) is 0 Å². The largest absolute Gasteiger partial charge is 0.377 e. The molecule has 1 spiro atoms. The molecule has 1 nitrogen and oxygen atoms in total. The fraction of sp³-hybridized carbons (Fsp3) is 0.818. The maximum absolute atomic E-state index is 5.87. The Balaban J connectivity index is 1.83. The normalized spacial score (nSPS) is 64.7. The highest BCUT2D eigenvalue weighted by Crippen LogP contribution is 2.73. The molecule has 5 atom stereocenters. The van der Waals surface area contributed by atoms with Crippen LogP contribution in [0.25, 0.3) is 0 Å². The number of hydrogen-bond acceptors (Lipinski definition) is 1. The first-order valence-corrected chi connectivity index (χ1v) is 5.23. The second-order valence-electron chi connectivity index (χ2n) is 4.94. The van der Waals surface area contributed by atoms with Crippen molar-refractivity contribution in [3.05, 3.63) is 12.2 Å². The van der Waals surface area contributed by atoms with Gasteiger partial charge in [-0.25, -0.2) is 0 Å². The highest BCUT2D eigenvalue weighted by atomic mass is 16.5. The van der Waals surface area contributed by atoms with Crippen molar-refractivity contribution in [1.82, 2.24) is 0 Å². The second-order valence-corrected chi connectivity index (χ2v) is 4.94. The van der Waals surface area contributed by atoms with Crippen LogP contribution in [-0.2, 0) is 4.74 Å². The van der Waals surface area contributed by atoms with Crippen molar-refractivity contribution in [2.24, 2.45) is 23.2 Å². The molecule has 1 saturated heterocycles. The summed E-state index contributed by atoms with van der Waals surface area (Å²) in [6, 6.07) is 0. The molecule has 5 unspecified atom stereocenters. The molecular formula is C11H14O. The average Bonchev–Trinajstić information content (AvgIpc) is 2.55. The molecule has 3 fully saturated rings. The molecule has 12 heavy (non-hydrogen) atoms. The Morgan fingerprint density at radius 2 is 2.42 bits per heavy atom. The van der Waals surface area contributed by atoms with Gasteiger partial charge in [0.15, 0.2) is 0 Å². The van der Waals surface area contributed by atoms with E-state index in [1.807, 2.05) is 0 Å². The lowest BCUT2D eigenvalue weighted by Gasteiger charge is -2.37. The number of allylic oxidation sites excluding steroid dienone is 1. The predicted octanol–water partition coefficient (Wildman–Crippen LogP) is 1.99.